The van der Waals surface area contributed by atoms with Crippen LogP contribution in [0.5, 0.6) is 0 Å². The Balaban J connectivity index is 1.94. The highest BCUT2D eigenvalue weighted by Crippen LogP contribution is 2.33. The highest BCUT2D eigenvalue weighted by molar-refractivity contribution is 7.89. The second-order valence-corrected chi connectivity index (χ2v) is 7.69. The SMILES string of the molecule is CN(NS(=O)(=O)c1cccc2ccccc12)c1ncc(C(F)(F)F)cc1Cl. The molecule has 3 rings (SSSR count). The number of aromatic nitrogens is 1. The van der Waals surface area contributed by atoms with Crippen molar-refractivity contribution in [1.82, 2.24) is 9.82 Å². The van der Waals surface area contributed by atoms with Crippen LogP contribution in [0, 0.1) is 0 Å². The summed E-state index contributed by atoms with van der Waals surface area (Å²) in [5.74, 6) is -0.159. The van der Waals surface area contributed by atoms with Crippen molar-refractivity contribution < 1.29 is 21.6 Å². The molecule has 0 bridgehead atoms. The molecule has 142 valence electrons. The quantitative estimate of drug-likeness (QED) is 0.647. The van der Waals surface area contributed by atoms with E-state index >= 15 is 0 Å². The molecule has 0 fully saturated rings. The van der Waals surface area contributed by atoms with E-state index in [-0.39, 0.29) is 15.7 Å². The predicted molar refractivity (Wildman–Crippen MR) is 96.9 cm³/mol. The van der Waals surface area contributed by atoms with E-state index in [0.29, 0.717) is 17.6 Å². The van der Waals surface area contributed by atoms with Gasteiger partial charge in [0.15, 0.2) is 5.82 Å². The number of sulfonamides is 1. The van der Waals surface area contributed by atoms with Crippen LogP contribution in [0.25, 0.3) is 10.8 Å². The van der Waals surface area contributed by atoms with Crippen LogP contribution in [0.15, 0.2) is 59.6 Å². The Bertz CT molecular complexity index is 1100. The number of hydrazine groups is 1. The number of benzene rings is 2. The summed E-state index contributed by atoms with van der Waals surface area (Å²) < 4.78 is 63.7. The molecular formula is C17H13ClF3N3O2S. The molecule has 0 aliphatic rings. The lowest BCUT2D eigenvalue weighted by atomic mass is 10.1. The van der Waals surface area contributed by atoms with E-state index in [4.69, 9.17) is 11.6 Å². The average molecular weight is 416 g/mol. The zero-order valence-electron chi connectivity index (χ0n) is 13.8. The topological polar surface area (TPSA) is 62.3 Å². The third kappa shape index (κ3) is 4.00. The highest BCUT2D eigenvalue weighted by Gasteiger charge is 2.32. The van der Waals surface area contributed by atoms with Crippen molar-refractivity contribution in [1.29, 1.82) is 0 Å². The van der Waals surface area contributed by atoms with Crippen LogP contribution in [-0.2, 0) is 16.2 Å². The fourth-order valence-corrected chi connectivity index (χ4v) is 4.11. The molecule has 0 unspecified atom stereocenters. The summed E-state index contributed by atoms with van der Waals surface area (Å²) in [5.41, 5.74) is -1.03. The minimum absolute atomic E-state index is 0.0236. The zero-order chi connectivity index (χ0) is 19.8. The molecule has 0 atom stereocenters. The van der Waals surface area contributed by atoms with Gasteiger partial charge in [-0.1, -0.05) is 48.0 Å². The monoisotopic (exact) mass is 415 g/mol. The van der Waals surface area contributed by atoms with Crippen molar-refractivity contribution in [3.05, 3.63) is 65.3 Å². The second kappa shape index (κ2) is 6.99. The van der Waals surface area contributed by atoms with E-state index in [2.05, 4.69) is 9.82 Å². The molecule has 0 radical (unpaired) electrons. The van der Waals surface area contributed by atoms with E-state index in [0.717, 1.165) is 10.4 Å². The van der Waals surface area contributed by atoms with Gasteiger partial charge in [0.25, 0.3) is 10.0 Å². The summed E-state index contributed by atoms with van der Waals surface area (Å²) in [6.07, 6.45) is -4.01. The van der Waals surface area contributed by atoms with Crippen LogP contribution in [0.3, 0.4) is 0 Å². The number of hydrogen-bond acceptors (Lipinski definition) is 4. The van der Waals surface area contributed by atoms with E-state index < -0.39 is 21.8 Å². The average Bonchev–Trinajstić information content (AvgIpc) is 2.59. The van der Waals surface area contributed by atoms with E-state index in [9.17, 15) is 21.6 Å². The van der Waals surface area contributed by atoms with Crippen LogP contribution in [0.1, 0.15) is 5.56 Å². The van der Waals surface area contributed by atoms with Crippen LogP contribution in [0.4, 0.5) is 19.0 Å². The van der Waals surface area contributed by atoms with Crippen LogP contribution in [-0.4, -0.2) is 20.4 Å². The molecular weight excluding hydrogens is 403 g/mol. The first-order valence-electron chi connectivity index (χ1n) is 7.56. The first-order valence-corrected chi connectivity index (χ1v) is 9.42. The molecule has 0 saturated carbocycles. The predicted octanol–water partition coefficient (Wildman–Crippen LogP) is 4.24. The van der Waals surface area contributed by atoms with Crippen LogP contribution in [0.2, 0.25) is 5.02 Å². The summed E-state index contributed by atoms with van der Waals surface area (Å²) in [6, 6.07) is 12.4. The Labute approximate surface area is 158 Å². The zero-order valence-corrected chi connectivity index (χ0v) is 15.4. The number of pyridine rings is 1. The number of alkyl halides is 3. The lowest BCUT2D eigenvalue weighted by Gasteiger charge is -2.21. The molecule has 0 aliphatic carbocycles. The Morgan fingerprint density at radius 3 is 2.44 bits per heavy atom. The second-order valence-electron chi connectivity index (χ2n) is 5.66. The van der Waals surface area contributed by atoms with Gasteiger partial charge in [-0.3, -0.25) is 5.01 Å². The summed E-state index contributed by atoms with van der Waals surface area (Å²) in [4.78, 5) is 5.91. The van der Waals surface area contributed by atoms with Crippen molar-refractivity contribution in [3.63, 3.8) is 0 Å². The number of anilines is 1. The Hall–Kier alpha value is -2.36. The summed E-state index contributed by atoms with van der Waals surface area (Å²) in [6.45, 7) is 0. The van der Waals surface area contributed by atoms with Gasteiger partial charge in [-0.25, -0.2) is 13.4 Å². The maximum Gasteiger partial charge on any atom is 0.417 e. The first kappa shape index (κ1) is 19.4. The van der Waals surface area contributed by atoms with Crippen molar-refractivity contribution in [2.45, 2.75) is 11.1 Å². The number of halogens is 4. The van der Waals surface area contributed by atoms with Crippen molar-refractivity contribution in [3.8, 4) is 0 Å². The van der Waals surface area contributed by atoms with Gasteiger partial charge < -0.3 is 0 Å². The number of nitrogens with zero attached hydrogens (tertiary/aromatic N) is 2. The smallest absolute Gasteiger partial charge is 0.280 e. The van der Waals surface area contributed by atoms with Gasteiger partial charge in [0.2, 0.25) is 0 Å². The van der Waals surface area contributed by atoms with E-state index in [1.54, 1.807) is 36.4 Å². The maximum atomic E-state index is 12.8. The molecule has 0 saturated heterocycles. The fraction of sp³-hybridized carbons (Fsp3) is 0.118. The fourth-order valence-electron chi connectivity index (χ4n) is 2.54. The molecule has 5 nitrogen and oxygen atoms in total. The summed E-state index contributed by atoms with van der Waals surface area (Å²) >= 11 is 5.86. The Kier molecular flexibility index (Phi) is 5.02. The van der Waals surface area contributed by atoms with E-state index in [1.165, 1.54) is 13.1 Å². The van der Waals surface area contributed by atoms with Gasteiger partial charge in [-0.2, -0.15) is 13.2 Å². The number of nitrogens with one attached hydrogen (secondary N) is 1. The van der Waals surface area contributed by atoms with Crippen molar-refractivity contribution >= 4 is 38.2 Å². The normalized spacial score (nSPS) is 12.3. The number of fused-ring (bicyclic) bond motifs is 1. The third-order valence-electron chi connectivity index (χ3n) is 3.76. The standard InChI is InChI=1S/C17H13ClF3N3O2S/c1-24(16-14(18)9-12(10-22-16)17(19,20)21)23-27(25,26)15-8-4-6-11-5-2-3-7-13(11)15/h2-10,23H,1H3. The van der Waals surface area contributed by atoms with Crippen LogP contribution < -0.4 is 9.84 Å². The molecule has 1 aromatic heterocycles. The van der Waals surface area contributed by atoms with Gasteiger partial charge in [-0.15, -0.1) is 4.83 Å². The first-order chi connectivity index (χ1) is 12.6. The summed E-state index contributed by atoms with van der Waals surface area (Å²) in [7, 11) is -2.74. The lowest BCUT2D eigenvalue weighted by Crippen LogP contribution is -2.40. The van der Waals surface area contributed by atoms with Gasteiger partial charge in [0.1, 0.15) is 0 Å². The minimum Gasteiger partial charge on any atom is -0.280 e. The lowest BCUT2D eigenvalue weighted by molar-refractivity contribution is -0.137. The minimum atomic E-state index is -4.60. The van der Waals surface area contributed by atoms with Gasteiger partial charge >= 0.3 is 6.18 Å². The Morgan fingerprint density at radius 1 is 1.11 bits per heavy atom. The van der Waals surface area contributed by atoms with E-state index in [1.807, 2.05) is 0 Å². The van der Waals surface area contributed by atoms with Crippen molar-refractivity contribution in [2.75, 3.05) is 12.1 Å². The number of rotatable bonds is 4. The molecule has 1 N–H and O–H groups in total. The molecule has 27 heavy (non-hydrogen) atoms. The molecule has 2 aromatic carbocycles. The molecule has 10 heteroatoms. The molecule has 0 amide bonds. The van der Waals surface area contributed by atoms with Gasteiger partial charge in [-0.05, 0) is 17.5 Å². The Morgan fingerprint density at radius 2 is 1.78 bits per heavy atom. The molecule has 0 aliphatic heterocycles. The molecule has 0 spiro atoms. The van der Waals surface area contributed by atoms with Crippen molar-refractivity contribution in [2.24, 2.45) is 0 Å². The molecule has 3 aromatic rings. The number of hydrogen-bond donors (Lipinski definition) is 1. The third-order valence-corrected chi connectivity index (χ3v) is 5.49. The maximum absolute atomic E-state index is 12.8. The highest BCUT2D eigenvalue weighted by atomic mass is 35.5. The van der Waals surface area contributed by atoms with Gasteiger partial charge in [0.05, 0.1) is 15.5 Å². The largest absolute Gasteiger partial charge is 0.417 e. The van der Waals surface area contributed by atoms with Gasteiger partial charge in [0, 0.05) is 18.6 Å². The summed E-state index contributed by atoms with van der Waals surface area (Å²) in [5, 5.41) is 1.86. The molecule has 1 heterocycles. The van der Waals surface area contributed by atoms with Crippen LogP contribution >= 0.6 is 11.6 Å².